The minimum absolute atomic E-state index is 0.152. The Balaban J connectivity index is 2.62. The fourth-order valence-electron chi connectivity index (χ4n) is 1.52. The molecule has 2 amide bonds. The van der Waals surface area contributed by atoms with Gasteiger partial charge in [-0.25, -0.2) is 0 Å². The average molecular weight is 254 g/mol. The van der Waals surface area contributed by atoms with Gasteiger partial charge in [0.25, 0.3) is 5.91 Å². The normalized spacial score (nSPS) is 15.7. The molecule has 0 aliphatic carbocycles. The molecule has 0 bridgehead atoms. The SMILES string of the molecule is CN1C(=O)Cc2cccc(Br)c2C1=O. The van der Waals surface area contributed by atoms with Crippen LogP contribution in [0.2, 0.25) is 0 Å². The molecule has 0 saturated heterocycles. The molecule has 72 valence electrons. The monoisotopic (exact) mass is 253 g/mol. The zero-order valence-corrected chi connectivity index (χ0v) is 9.17. The molecule has 1 aliphatic rings. The molecule has 1 heterocycles. The molecule has 0 aromatic heterocycles. The molecule has 4 heteroatoms. The van der Waals surface area contributed by atoms with Crippen molar-refractivity contribution in [3.8, 4) is 0 Å². The topological polar surface area (TPSA) is 37.4 Å². The molecule has 3 nitrogen and oxygen atoms in total. The fourth-order valence-corrected chi connectivity index (χ4v) is 2.09. The molecule has 0 spiro atoms. The first-order chi connectivity index (χ1) is 6.61. The minimum atomic E-state index is -0.233. The number of carbonyl (C=O) groups excluding carboxylic acids is 2. The molecule has 0 saturated carbocycles. The highest BCUT2D eigenvalue weighted by Gasteiger charge is 2.29. The summed E-state index contributed by atoms with van der Waals surface area (Å²) < 4.78 is 0.749. The van der Waals surface area contributed by atoms with Crippen molar-refractivity contribution in [2.45, 2.75) is 6.42 Å². The Bertz CT molecular complexity index is 428. The third-order valence-electron chi connectivity index (χ3n) is 2.33. The second-order valence-electron chi connectivity index (χ2n) is 3.21. The minimum Gasteiger partial charge on any atom is -0.281 e. The van der Waals surface area contributed by atoms with Gasteiger partial charge in [-0.2, -0.15) is 0 Å². The average Bonchev–Trinajstić information content (AvgIpc) is 2.14. The van der Waals surface area contributed by atoms with E-state index in [-0.39, 0.29) is 11.8 Å². The van der Waals surface area contributed by atoms with Crippen molar-refractivity contribution < 1.29 is 9.59 Å². The number of rotatable bonds is 0. The number of carbonyl (C=O) groups is 2. The summed E-state index contributed by atoms with van der Waals surface area (Å²) in [6, 6.07) is 5.44. The van der Waals surface area contributed by atoms with Gasteiger partial charge in [-0.05, 0) is 27.6 Å². The van der Waals surface area contributed by atoms with Crippen LogP contribution >= 0.6 is 15.9 Å². The molecule has 0 N–H and O–H groups in total. The molecular weight excluding hydrogens is 246 g/mol. The summed E-state index contributed by atoms with van der Waals surface area (Å²) in [6.07, 6.45) is 0.303. The first kappa shape index (κ1) is 9.40. The number of benzene rings is 1. The van der Waals surface area contributed by atoms with Gasteiger partial charge in [-0.1, -0.05) is 12.1 Å². The molecule has 2 rings (SSSR count). The van der Waals surface area contributed by atoms with Crippen molar-refractivity contribution in [1.29, 1.82) is 0 Å². The van der Waals surface area contributed by atoms with Crippen LogP contribution in [-0.4, -0.2) is 23.8 Å². The zero-order chi connectivity index (χ0) is 10.3. The zero-order valence-electron chi connectivity index (χ0n) is 7.58. The van der Waals surface area contributed by atoms with E-state index in [9.17, 15) is 9.59 Å². The van der Waals surface area contributed by atoms with Gasteiger partial charge in [0, 0.05) is 11.5 Å². The lowest BCUT2D eigenvalue weighted by Crippen LogP contribution is -2.39. The third kappa shape index (κ3) is 1.26. The van der Waals surface area contributed by atoms with Crippen LogP contribution in [0.1, 0.15) is 15.9 Å². The Hall–Kier alpha value is -1.16. The summed E-state index contributed by atoms with van der Waals surface area (Å²) in [5, 5.41) is 0. The van der Waals surface area contributed by atoms with Crippen molar-refractivity contribution in [2.24, 2.45) is 0 Å². The van der Waals surface area contributed by atoms with E-state index in [0.717, 1.165) is 14.9 Å². The number of nitrogens with zero attached hydrogens (tertiary/aromatic N) is 1. The molecule has 0 radical (unpaired) electrons. The number of imide groups is 1. The van der Waals surface area contributed by atoms with Crippen LogP contribution in [0.5, 0.6) is 0 Å². The van der Waals surface area contributed by atoms with Crippen molar-refractivity contribution in [1.82, 2.24) is 4.90 Å². The number of hydrogen-bond donors (Lipinski definition) is 0. The van der Waals surface area contributed by atoms with Gasteiger partial charge in [0.05, 0.1) is 12.0 Å². The summed E-state index contributed by atoms with van der Waals surface area (Å²) >= 11 is 3.31. The highest BCUT2D eigenvalue weighted by atomic mass is 79.9. The Morgan fingerprint density at radius 1 is 1.36 bits per heavy atom. The highest BCUT2D eigenvalue weighted by Crippen LogP contribution is 2.26. The van der Waals surface area contributed by atoms with Gasteiger partial charge in [0.1, 0.15) is 0 Å². The summed E-state index contributed by atoms with van der Waals surface area (Å²) in [5.41, 5.74) is 1.40. The van der Waals surface area contributed by atoms with Gasteiger partial charge < -0.3 is 0 Å². The Morgan fingerprint density at radius 3 is 2.79 bits per heavy atom. The number of fused-ring (bicyclic) bond motifs is 1. The van der Waals surface area contributed by atoms with Crippen molar-refractivity contribution in [3.05, 3.63) is 33.8 Å². The molecule has 0 atom stereocenters. The van der Waals surface area contributed by atoms with E-state index in [4.69, 9.17) is 0 Å². The number of amides is 2. The maximum Gasteiger partial charge on any atom is 0.261 e. The molecule has 14 heavy (non-hydrogen) atoms. The van der Waals surface area contributed by atoms with E-state index < -0.39 is 0 Å². The molecule has 1 aromatic rings. The first-order valence-electron chi connectivity index (χ1n) is 4.19. The maximum absolute atomic E-state index is 11.7. The Morgan fingerprint density at radius 2 is 2.07 bits per heavy atom. The van der Waals surface area contributed by atoms with Crippen LogP contribution in [0.15, 0.2) is 22.7 Å². The number of likely N-dealkylation sites (N-methyl/N-ethyl adjacent to an activating group) is 1. The quantitative estimate of drug-likeness (QED) is 0.659. The summed E-state index contributed by atoms with van der Waals surface area (Å²) in [7, 11) is 1.51. The lowest BCUT2D eigenvalue weighted by atomic mass is 9.99. The van der Waals surface area contributed by atoms with Crippen molar-refractivity contribution >= 4 is 27.7 Å². The maximum atomic E-state index is 11.7. The van der Waals surface area contributed by atoms with Crippen LogP contribution < -0.4 is 0 Å². The van der Waals surface area contributed by atoms with Gasteiger partial charge in [-0.3, -0.25) is 14.5 Å². The van der Waals surface area contributed by atoms with Crippen molar-refractivity contribution in [3.63, 3.8) is 0 Å². The predicted octanol–water partition coefficient (Wildman–Crippen LogP) is 1.60. The molecule has 1 aromatic carbocycles. The van der Waals surface area contributed by atoms with Gasteiger partial charge in [0.15, 0.2) is 0 Å². The largest absolute Gasteiger partial charge is 0.281 e. The first-order valence-corrected chi connectivity index (χ1v) is 4.99. The number of halogens is 1. The summed E-state index contributed by atoms with van der Waals surface area (Å²) in [4.78, 5) is 24.3. The second-order valence-corrected chi connectivity index (χ2v) is 4.06. The highest BCUT2D eigenvalue weighted by molar-refractivity contribution is 9.10. The van der Waals surface area contributed by atoms with E-state index in [0.29, 0.717) is 12.0 Å². The predicted molar refractivity (Wildman–Crippen MR) is 54.9 cm³/mol. The smallest absolute Gasteiger partial charge is 0.261 e. The van der Waals surface area contributed by atoms with E-state index in [1.807, 2.05) is 12.1 Å². The van der Waals surface area contributed by atoms with Gasteiger partial charge in [0.2, 0.25) is 5.91 Å². The molecular formula is C10H8BrNO2. The molecule has 0 fully saturated rings. The number of hydrogen-bond acceptors (Lipinski definition) is 2. The summed E-state index contributed by atoms with van der Waals surface area (Å²) in [5.74, 6) is -0.385. The van der Waals surface area contributed by atoms with Crippen LogP contribution in [0.25, 0.3) is 0 Å². The van der Waals surface area contributed by atoms with E-state index >= 15 is 0 Å². The second kappa shape index (κ2) is 3.20. The molecule has 0 unspecified atom stereocenters. The Labute approximate surface area is 89.8 Å². The van der Waals surface area contributed by atoms with Crippen LogP contribution in [-0.2, 0) is 11.2 Å². The molecule has 1 aliphatic heterocycles. The lowest BCUT2D eigenvalue weighted by Gasteiger charge is -2.23. The Kier molecular flexibility index (Phi) is 2.15. The van der Waals surface area contributed by atoms with E-state index in [1.54, 1.807) is 6.07 Å². The summed E-state index contributed by atoms with van der Waals surface area (Å²) in [6.45, 7) is 0. The lowest BCUT2D eigenvalue weighted by molar-refractivity contribution is -0.127. The van der Waals surface area contributed by atoms with E-state index in [2.05, 4.69) is 15.9 Å². The van der Waals surface area contributed by atoms with Gasteiger partial charge in [-0.15, -0.1) is 0 Å². The van der Waals surface area contributed by atoms with Crippen LogP contribution in [0, 0.1) is 0 Å². The van der Waals surface area contributed by atoms with Crippen molar-refractivity contribution in [2.75, 3.05) is 7.05 Å². The van der Waals surface area contributed by atoms with E-state index in [1.165, 1.54) is 7.05 Å². The van der Waals surface area contributed by atoms with Gasteiger partial charge >= 0.3 is 0 Å². The fraction of sp³-hybridized carbons (Fsp3) is 0.200. The third-order valence-corrected chi connectivity index (χ3v) is 3.00. The standard InChI is InChI=1S/C10H8BrNO2/c1-12-8(13)5-6-3-2-4-7(11)9(6)10(12)14/h2-4H,5H2,1H3. The van der Waals surface area contributed by atoms with Crippen LogP contribution in [0.3, 0.4) is 0 Å². The van der Waals surface area contributed by atoms with Crippen LogP contribution in [0.4, 0.5) is 0 Å².